The smallest absolute Gasteiger partial charge is 0.244 e. The van der Waals surface area contributed by atoms with E-state index in [9.17, 15) is 9.90 Å². The zero-order valence-electron chi connectivity index (χ0n) is 13.0. The molecule has 0 radical (unpaired) electrons. The molecule has 1 N–H and O–H groups in total. The quantitative estimate of drug-likeness (QED) is 0.869. The molecule has 1 fully saturated rings. The highest BCUT2D eigenvalue weighted by molar-refractivity contribution is 5.75. The number of likely N-dealkylation sites (tertiary alicyclic amines) is 1. The number of aliphatic hydroxyl groups excluding tert-OH is 1. The maximum Gasteiger partial charge on any atom is 0.244 e. The Kier molecular flexibility index (Phi) is 4.66. The van der Waals surface area contributed by atoms with Crippen LogP contribution in [0.2, 0.25) is 0 Å². The molecule has 1 saturated heterocycles. The number of hydrogen-bond donors (Lipinski definition) is 1. The minimum absolute atomic E-state index is 0.0172. The van der Waals surface area contributed by atoms with Crippen molar-refractivity contribution in [3.05, 3.63) is 42.2 Å². The Morgan fingerprint density at radius 3 is 2.57 bits per heavy atom. The summed E-state index contributed by atoms with van der Waals surface area (Å²) in [5.74, 6) is 0.0172. The molecule has 0 unspecified atom stereocenters. The maximum atomic E-state index is 12.3. The predicted molar refractivity (Wildman–Crippen MR) is 83.3 cm³/mol. The van der Waals surface area contributed by atoms with E-state index in [1.807, 2.05) is 23.1 Å². The molecule has 0 atom stereocenters. The molecule has 0 spiro atoms. The van der Waals surface area contributed by atoms with Crippen molar-refractivity contribution in [3.63, 3.8) is 0 Å². The fourth-order valence-corrected chi connectivity index (χ4v) is 3.14. The van der Waals surface area contributed by atoms with E-state index in [-0.39, 0.29) is 24.5 Å². The van der Waals surface area contributed by atoms with Crippen LogP contribution < -0.4 is 0 Å². The Labute approximate surface area is 134 Å². The van der Waals surface area contributed by atoms with Gasteiger partial charge in [-0.1, -0.05) is 30.3 Å². The van der Waals surface area contributed by atoms with E-state index < -0.39 is 0 Å². The third-order valence-electron chi connectivity index (χ3n) is 4.62. The van der Waals surface area contributed by atoms with Crippen LogP contribution in [0.1, 0.15) is 18.4 Å². The van der Waals surface area contributed by atoms with Crippen molar-refractivity contribution in [1.29, 1.82) is 0 Å². The highest BCUT2D eigenvalue weighted by Crippen LogP contribution is 2.34. The molecule has 1 aromatic carbocycles. The molecule has 23 heavy (non-hydrogen) atoms. The lowest BCUT2D eigenvalue weighted by Crippen LogP contribution is -2.46. The summed E-state index contributed by atoms with van der Waals surface area (Å²) in [6, 6.07) is 10.2. The van der Waals surface area contributed by atoms with Crippen molar-refractivity contribution in [2.24, 2.45) is 5.41 Å². The number of aliphatic hydroxyl groups is 1. The second-order valence-electron chi connectivity index (χ2n) is 6.21. The van der Waals surface area contributed by atoms with Gasteiger partial charge in [-0.25, -0.2) is 4.68 Å². The minimum Gasteiger partial charge on any atom is -0.396 e. The van der Waals surface area contributed by atoms with E-state index >= 15 is 0 Å². The first-order valence-electron chi connectivity index (χ1n) is 7.84. The summed E-state index contributed by atoms with van der Waals surface area (Å²) in [5, 5.41) is 20.7. The third kappa shape index (κ3) is 3.73. The second-order valence-corrected chi connectivity index (χ2v) is 6.21. The van der Waals surface area contributed by atoms with Gasteiger partial charge in [-0.15, -0.1) is 5.10 Å². The van der Waals surface area contributed by atoms with Crippen molar-refractivity contribution < 1.29 is 9.90 Å². The van der Waals surface area contributed by atoms with Gasteiger partial charge in [0, 0.05) is 25.1 Å². The Morgan fingerprint density at radius 1 is 1.22 bits per heavy atom. The predicted octanol–water partition coefficient (Wildman–Crippen LogP) is 0.517. The zero-order valence-corrected chi connectivity index (χ0v) is 13.0. The number of nitrogens with zero attached hydrogens (tertiary/aromatic N) is 5. The molecule has 0 aliphatic carbocycles. The molecule has 1 aromatic heterocycles. The number of carbonyl (C=O) groups is 1. The number of rotatable bonds is 5. The van der Waals surface area contributed by atoms with Crippen LogP contribution in [0.25, 0.3) is 0 Å². The van der Waals surface area contributed by atoms with Gasteiger partial charge in [-0.3, -0.25) is 4.79 Å². The summed E-state index contributed by atoms with van der Waals surface area (Å²) < 4.78 is 1.43. The Morgan fingerprint density at radius 2 is 1.96 bits per heavy atom. The van der Waals surface area contributed by atoms with Crippen molar-refractivity contribution in [2.75, 3.05) is 19.7 Å². The van der Waals surface area contributed by atoms with E-state index in [1.54, 1.807) is 0 Å². The average Bonchev–Trinajstić information content (AvgIpc) is 3.09. The highest BCUT2D eigenvalue weighted by Gasteiger charge is 2.35. The first-order valence-corrected chi connectivity index (χ1v) is 7.84. The van der Waals surface area contributed by atoms with Crippen LogP contribution in [0.4, 0.5) is 0 Å². The SMILES string of the molecule is O=C(Cn1cnnn1)N1CCC(CO)(Cc2ccccc2)CC1. The van der Waals surface area contributed by atoms with Crippen LogP contribution in [-0.2, 0) is 17.8 Å². The van der Waals surface area contributed by atoms with E-state index in [1.165, 1.54) is 16.6 Å². The lowest BCUT2D eigenvalue weighted by molar-refractivity contribution is -0.135. The molecule has 1 aliphatic rings. The van der Waals surface area contributed by atoms with Crippen LogP contribution in [0, 0.1) is 5.41 Å². The molecule has 0 saturated carbocycles. The van der Waals surface area contributed by atoms with E-state index in [4.69, 9.17) is 0 Å². The molecule has 7 heteroatoms. The number of amides is 1. The van der Waals surface area contributed by atoms with Crippen LogP contribution in [0.3, 0.4) is 0 Å². The zero-order chi connectivity index (χ0) is 16.1. The lowest BCUT2D eigenvalue weighted by Gasteiger charge is -2.41. The van der Waals surface area contributed by atoms with Gasteiger partial charge in [0.1, 0.15) is 12.9 Å². The maximum absolute atomic E-state index is 12.3. The van der Waals surface area contributed by atoms with Gasteiger partial charge in [0.2, 0.25) is 5.91 Å². The molecule has 2 aromatic rings. The summed E-state index contributed by atoms with van der Waals surface area (Å²) in [6.45, 7) is 1.64. The van der Waals surface area contributed by atoms with E-state index in [0.29, 0.717) is 13.1 Å². The van der Waals surface area contributed by atoms with Crippen molar-refractivity contribution in [3.8, 4) is 0 Å². The van der Waals surface area contributed by atoms with Gasteiger partial charge >= 0.3 is 0 Å². The summed E-state index contributed by atoms with van der Waals surface area (Å²) in [7, 11) is 0. The topological polar surface area (TPSA) is 84.1 Å². The Hall–Kier alpha value is -2.28. The first-order chi connectivity index (χ1) is 11.2. The summed E-state index contributed by atoms with van der Waals surface area (Å²) >= 11 is 0. The Bertz CT molecular complexity index is 621. The molecule has 122 valence electrons. The van der Waals surface area contributed by atoms with Gasteiger partial charge in [-0.2, -0.15) is 0 Å². The molecule has 2 heterocycles. The summed E-state index contributed by atoms with van der Waals surface area (Å²) in [5.41, 5.74) is 1.10. The molecule has 3 rings (SSSR count). The van der Waals surface area contributed by atoms with Gasteiger partial charge in [0.05, 0.1) is 0 Å². The molecular weight excluding hydrogens is 294 g/mol. The van der Waals surface area contributed by atoms with E-state index in [0.717, 1.165) is 19.3 Å². The van der Waals surface area contributed by atoms with Crippen LogP contribution in [0.15, 0.2) is 36.7 Å². The molecular formula is C16H21N5O2. The second kappa shape index (κ2) is 6.87. The van der Waals surface area contributed by atoms with Gasteiger partial charge in [0.15, 0.2) is 0 Å². The number of piperidine rings is 1. The van der Waals surface area contributed by atoms with E-state index in [2.05, 4.69) is 27.7 Å². The van der Waals surface area contributed by atoms with Gasteiger partial charge in [0.25, 0.3) is 0 Å². The van der Waals surface area contributed by atoms with Gasteiger partial charge in [-0.05, 0) is 35.3 Å². The highest BCUT2D eigenvalue weighted by atomic mass is 16.3. The van der Waals surface area contributed by atoms with Crippen molar-refractivity contribution in [2.45, 2.75) is 25.8 Å². The number of carbonyl (C=O) groups excluding carboxylic acids is 1. The van der Waals surface area contributed by atoms with Crippen LogP contribution >= 0.6 is 0 Å². The lowest BCUT2D eigenvalue weighted by atomic mass is 9.74. The largest absolute Gasteiger partial charge is 0.396 e. The van der Waals surface area contributed by atoms with Gasteiger partial charge < -0.3 is 10.0 Å². The fraction of sp³-hybridized carbons (Fsp3) is 0.500. The van der Waals surface area contributed by atoms with Crippen LogP contribution in [0.5, 0.6) is 0 Å². The number of aromatic nitrogens is 4. The molecule has 1 aliphatic heterocycles. The number of hydrogen-bond acceptors (Lipinski definition) is 5. The fourth-order valence-electron chi connectivity index (χ4n) is 3.14. The normalized spacial score (nSPS) is 17.2. The summed E-state index contributed by atoms with van der Waals surface area (Å²) in [4.78, 5) is 14.1. The summed E-state index contributed by atoms with van der Waals surface area (Å²) in [6.07, 6.45) is 3.90. The van der Waals surface area contributed by atoms with Crippen molar-refractivity contribution in [1.82, 2.24) is 25.1 Å². The standard InChI is InChI=1S/C16H21N5O2/c22-12-16(10-14-4-2-1-3-5-14)6-8-20(9-7-16)15(23)11-21-13-17-18-19-21/h1-5,13,22H,6-12H2. The van der Waals surface area contributed by atoms with Crippen molar-refractivity contribution >= 4 is 5.91 Å². The molecule has 1 amide bonds. The first kappa shape index (κ1) is 15.6. The third-order valence-corrected chi connectivity index (χ3v) is 4.62. The number of benzene rings is 1. The average molecular weight is 315 g/mol. The Balaban J connectivity index is 1.58. The molecule has 7 nitrogen and oxygen atoms in total. The number of tetrazole rings is 1. The molecule has 0 bridgehead atoms. The minimum atomic E-state index is -0.132. The van der Waals surface area contributed by atoms with Crippen LogP contribution in [-0.4, -0.2) is 55.8 Å². The monoisotopic (exact) mass is 315 g/mol.